The van der Waals surface area contributed by atoms with Crippen LogP contribution in [0, 0.1) is 19.3 Å². The molecule has 0 aromatic heterocycles. The molecule has 1 aliphatic carbocycles. The van der Waals surface area contributed by atoms with Gasteiger partial charge in [0, 0.05) is 65.4 Å². The van der Waals surface area contributed by atoms with Crippen molar-refractivity contribution in [3.63, 3.8) is 0 Å². The second-order valence-electron chi connectivity index (χ2n) is 2.87. The van der Waals surface area contributed by atoms with Gasteiger partial charge in [-0.25, -0.2) is 0 Å². The summed E-state index contributed by atoms with van der Waals surface area (Å²) in [6.07, 6.45) is 5.48. The van der Waals surface area contributed by atoms with Crippen LogP contribution >= 0.6 is 0 Å². The molecule has 4 heteroatoms. The standard InChI is InChI=1S/C6H11N.C3H7.3Y/c1-5-3-2-4-6(5)7;1-3-2;;;/h5-7H,1-4H2;3H,1-2H3;;;/q-2;-1;;;+3. The van der Waals surface area contributed by atoms with E-state index in [1.807, 2.05) is 20.3 Å². The molecule has 0 amide bonds. The maximum atomic E-state index is 7.28. The zero-order chi connectivity index (χ0) is 7.98. The Labute approximate surface area is 159 Å². The minimum absolute atomic E-state index is 0. The van der Waals surface area contributed by atoms with Crippen molar-refractivity contribution in [3.8, 4) is 0 Å². The van der Waals surface area contributed by atoms with Crippen LogP contribution in [0.1, 0.15) is 33.1 Å². The Morgan fingerprint density at radius 3 is 1.69 bits per heavy atom. The normalized spacial score (nSPS) is 24.0. The summed E-state index contributed by atoms with van der Waals surface area (Å²) < 4.78 is 0. The zero-order valence-corrected chi connectivity index (χ0v) is 17.3. The molecule has 1 saturated carbocycles. The first-order valence-electron chi connectivity index (χ1n) is 4.00. The Morgan fingerprint density at radius 1 is 1.23 bits per heavy atom. The van der Waals surface area contributed by atoms with Crippen molar-refractivity contribution < 1.29 is 98.1 Å². The van der Waals surface area contributed by atoms with Crippen LogP contribution < -0.4 is 0 Å². The summed E-state index contributed by atoms with van der Waals surface area (Å²) in [5.74, 6) is 0.431. The molecule has 1 N–H and O–H groups in total. The molecule has 1 fully saturated rings. The topological polar surface area (TPSA) is 23.8 Å². The zero-order valence-electron chi connectivity index (χ0n) is 8.79. The molecule has 1 rings (SSSR count). The van der Waals surface area contributed by atoms with Crippen molar-refractivity contribution in [2.24, 2.45) is 5.92 Å². The van der Waals surface area contributed by atoms with E-state index in [1.165, 1.54) is 12.8 Å². The van der Waals surface area contributed by atoms with Crippen LogP contribution in [0.2, 0.25) is 0 Å². The van der Waals surface area contributed by atoms with Gasteiger partial charge in [0.15, 0.2) is 0 Å². The van der Waals surface area contributed by atoms with Gasteiger partial charge in [-0.15, -0.1) is 0 Å². The predicted octanol–water partition coefficient (Wildman–Crippen LogP) is 3.26. The van der Waals surface area contributed by atoms with E-state index in [0.29, 0.717) is 5.92 Å². The Morgan fingerprint density at radius 2 is 1.62 bits per heavy atom. The van der Waals surface area contributed by atoms with Crippen molar-refractivity contribution in [1.82, 2.24) is 0 Å². The van der Waals surface area contributed by atoms with Gasteiger partial charge in [-0.3, -0.25) is 0 Å². The van der Waals surface area contributed by atoms with E-state index in [2.05, 4.69) is 6.92 Å². The van der Waals surface area contributed by atoms with Crippen molar-refractivity contribution >= 4 is 0 Å². The van der Waals surface area contributed by atoms with Gasteiger partial charge in [-0.1, -0.05) is 19.3 Å². The molecule has 2 radical (unpaired) electrons. The monoisotopic (exact) mass is 407 g/mol. The molecule has 0 aromatic rings. The Kier molecular flexibility index (Phi) is 34.2. The van der Waals surface area contributed by atoms with Gasteiger partial charge in [0.1, 0.15) is 0 Å². The van der Waals surface area contributed by atoms with Gasteiger partial charge in [0.05, 0.1) is 0 Å². The molecule has 1 aliphatic rings. The fourth-order valence-corrected chi connectivity index (χ4v) is 1.04. The third-order valence-electron chi connectivity index (χ3n) is 1.66. The van der Waals surface area contributed by atoms with Gasteiger partial charge in [0.2, 0.25) is 0 Å². The molecule has 13 heavy (non-hydrogen) atoms. The first-order valence-corrected chi connectivity index (χ1v) is 4.00. The van der Waals surface area contributed by atoms with Crippen molar-refractivity contribution in [3.05, 3.63) is 19.1 Å². The van der Waals surface area contributed by atoms with E-state index in [9.17, 15) is 0 Å². The number of hydrogen-bond donors (Lipinski definition) is 0. The quantitative estimate of drug-likeness (QED) is 0.551. The summed E-state index contributed by atoms with van der Waals surface area (Å²) in [7, 11) is 0. The van der Waals surface area contributed by atoms with Gasteiger partial charge in [-0.05, 0) is 0 Å². The molecule has 68 valence electrons. The molecule has 0 aromatic carbocycles. The molecular weight excluding hydrogens is 389 g/mol. The molecule has 2 atom stereocenters. The van der Waals surface area contributed by atoms with E-state index in [-0.39, 0.29) is 104 Å². The van der Waals surface area contributed by atoms with Crippen LogP contribution in [0.15, 0.2) is 0 Å². The van der Waals surface area contributed by atoms with Crippen molar-refractivity contribution in [2.45, 2.75) is 39.2 Å². The van der Waals surface area contributed by atoms with Crippen LogP contribution in [0.4, 0.5) is 0 Å². The molecule has 0 spiro atoms. The number of hydrogen-bond acceptors (Lipinski definition) is 0. The summed E-state index contributed by atoms with van der Waals surface area (Å²) in [6.45, 7) is 7.83. The second-order valence-corrected chi connectivity index (χ2v) is 2.87. The summed E-state index contributed by atoms with van der Waals surface area (Å²) in [6, 6.07) is 0.153. The third-order valence-corrected chi connectivity index (χ3v) is 1.66. The van der Waals surface area contributed by atoms with E-state index in [0.717, 1.165) is 6.42 Å². The van der Waals surface area contributed by atoms with Gasteiger partial charge >= 0.3 is 32.7 Å². The fourth-order valence-electron chi connectivity index (χ4n) is 1.04. The molecular formula is C9H18NY3. The number of nitrogens with one attached hydrogen (secondary N) is 1. The van der Waals surface area contributed by atoms with E-state index >= 15 is 0 Å². The summed E-state index contributed by atoms with van der Waals surface area (Å²) in [5, 5.41) is 0. The van der Waals surface area contributed by atoms with Crippen LogP contribution in [-0.2, 0) is 98.1 Å². The molecule has 0 heterocycles. The third kappa shape index (κ3) is 15.3. The minimum Gasteiger partial charge on any atom is -0.677 e. The molecule has 1 nitrogen and oxygen atoms in total. The predicted molar refractivity (Wildman–Crippen MR) is 46.5 cm³/mol. The largest absolute Gasteiger partial charge is 3.00 e. The SMILES string of the molecule is C[CH-]C.[CH2-]C1CCCC1[NH-].[Y+3].[Y].[Y]. The maximum Gasteiger partial charge on any atom is 3.00 e. The van der Waals surface area contributed by atoms with E-state index in [1.54, 1.807) is 0 Å². The first-order chi connectivity index (χ1) is 4.72. The van der Waals surface area contributed by atoms with Gasteiger partial charge < -0.3 is 19.1 Å². The number of rotatable bonds is 0. The van der Waals surface area contributed by atoms with Crippen molar-refractivity contribution in [1.29, 1.82) is 0 Å². The maximum absolute atomic E-state index is 7.28. The first kappa shape index (κ1) is 25.2. The van der Waals surface area contributed by atoms with Crippen LogP contribution in [0.3, 0.4) is 0 Å². The average molecular weight is 407 g/mol. The van der Waals surface area contributed by atoms with E-state index < -0.39 is 0 Å². The molecule has 0 aliphatic heterocycles. The van der Waals surface area contributed by atoms with Crippen LogP contribution in [0.5, 0.6) is 0 Å². The fraction of sp³-hybridized carbons (Fsp3) is 0.778. The van der Waals surface area contributed by atoms with Gasteiger partial charge in [-0.2, -0.15) is 25.8 Å². The van der Waals surface area contributed by atoms with E-state index in [4.69, 9.17) is 5.73 Å². The summed E-state index contributed by atoms with van der Waals surface area (Å²) >= 11 is 0. The Bertz CT molecular complexity index is 73.3. The second kappa shape index (κ2) is 17.7. The van der Waals surface area contributed by atoms with Gasteiger partial charge in [0.25, 0.3) is 0 Å². The minimum atomic E-state index is 0. The molecule has 0 bridgehead atoms. The average Bonchev–Trinajstić information content (AvgIpc) is 2.19. The Balaban J connectivity index is -0.0000000615. The smallest absolute Gasteiger partial charge is 0.677 e. The molecule has 0 saturated heterocycles. The van der Waals surface area contributed by atoms with Crippen LogP contribution in [-0.4, -0.2) is 6.04 Å². The van der Waals surface area contributed by atoms with Crippen molar-refractivity contribution in [2.75, 3.05) is 0 Å². The molecule has 2 unspecified atom stereocenters. The summed E-state index contributed by atoms with van der Waals surface area (Å²) in [5.41, 5.74) is 7.28. The summed E-state index contributed by atoms with van der Waals surface area (Å²) in [4.78, 5) is 0. The van der Waals surface area contributed by atoms with Crippen LogP contribution in [0.25, 0.3) is 5.73 Å². The Hall–Kier alpha value is 3.27.